The molecule has 1 aromatic heterocycles. The number of hydrogen-bond donors (Lipinski definition) is 0. The van der Waals surface area contributed by atoms with Crippen molar-refractivity contribution in [1.82, 2.24) is 4.98 Å². The summed E-state index contributed by atoms with van der Waals surface area (Å²) in [6.07, 6.45) is 1.14. The van der Waals surface area contributed by atoms with Crippen LogP contribution in [0.1, 0.15) is 50.6 Å². The minimum Gasteiger partial charge on any atom is -0.258 e. The molecule has 0 bridgehead atoms. The van der Waals surface area contributed by atoms with Crippen molar-refractivity contribution in [3.63, 3.8) is 0 Å². The summed E-state index contributed by atoms with van der Waals surface area (Å²) >= 11 is 0. The van der Waals surface area contributed by atoms with Crippen LogP contribution in [0.15, 0.2) is 12.1 Å². The first kappa shape index (κ1) is 11.2. The SMILES string of the molecule is Cc1nc(C(C)C)ccc1CC(C)C. The van der Waals surface area contributed by atoms with Crippen LogP contribution in [-0.2, 0) is 6.42 Å². The van der Waals surface area contributed by atoms with Gasteiger partial charge in [-0.3, -0.25) is 4.98 Å². The molecule has 0 aromatic carbocycles. The van der Waals surface area contributed by atoms with Gasteiger partial charge in [0.2, 0.25) is 0 Å². The summed E-state index contributed by atoms with van der Waals surface area (Å²) in [5, 5.41) is 0. The monoisotopic (exact) mass is 191 g/mol. The molecule has 0 fully saturated rings. The molecule has 0 aliphatic carbocycles. The van der Waals surface area contributed by atoms with Gasteiger partial charge in [-0.15, -0.1) is 0 Å². The molecular weight excluding hydrogens is 170 g/mol. The minimum absolute atomic E-state index is 0.529. The van der Waals surface area contributed by atoms with Crippen molar-refractivity contribution in [1.29, 1.82) is 0 Å². The van der Waals surface area contributed by atoms with Gasteiger partial charge in [-0.25, -0.2) is 0 Å². The third-order valence-electron chi connectivity index (χ3n) is 2.44. The van der Waals surface area contributed by atoms with Gasteiger partial charge in [0.1, 0.15) is 0 Å². The van der Waals surface area contributed by atoms with Crippen molar-refractivity contribution in [2.75, 3.05) is 0 Å². The summed E-state index contributed by atoms with van der Waals surface area (Å²) in [6.45, 7) is 11.0. The van der Waals surface area contributed by atoms with Gasteiger partial charge in [0.25, 0.3) is 0 Å². The zero-order valence-electron chi connectivity index (χ0n) is 9.96. The van der Waals surface area contributed by atoms with Gasteiger partial charge < -0.3 is 0 Å². The van der Waals surface area contributed by atoms with E-state index in [0.717, 1.165) is 6.42 Å². The van der Waals surface area contributed by atoms with Crippen molar-refractivity contribution < 1.29 is 0 Å². The summed E-state index contributed by atoms with van der Waals surface area (Å²) in [5.74, 6) is 1.24. The van der Waals surface area contributed by atoms with E-state index in [1.54, 1.807) is 0 Å². The highest BCUT2D eigenvalue weighted by Crippen LogP contribution is 2.16. The first-order valence-electron chi connectivity index (χ1n) is 5.47. The van der Waals surface area contributed by atoms with Gasteiger partial charge in [0, 0.05) is 11.4 Å². The van der Waals surface area contributed by atoms with Crippen LogP contribution in [0.4, 0.5) is 0 Å². The average molecular weight is 191 g/mol. The third kappa shape index (κ3) is 2.83. The van der Waals surface area contributed by atoms with Gasteiger partial charge in [0.05, 0.1) is 0 Å². The molecule has 0 atom stereocenters. The van der Waals surface area contributed by atoms with Gasteiger partial charge in [-0.1, -0.05) is 33.8 Å². The fraction of sp³-hybridized carbons (Fsp3) is 0.615. The molecule has 1 heterocycles. The van der Waals surface area contributed by atoms with Crippen LogP contribution in [0.2, 0.25) is 0 Å². The molecule has 0 spiro atoms. The molecule has 0 unspecified atom stereocenters. The summed E-state index contributed by atoms with van der Waals surface area (Å²) < 4.78 is 0. The van der Waals surface area contributed by atoms with Crippen LogP contribution in [-0.4, -0.2) is 4.98 Å². The second-order valence-electron chi connectivity index (χ2n) is 4.73. The zero-order valence-corrected chi connectivity index (χ0v) is 9.96. The summed E-state index contributed by atoms with van der Waals surface area (Å²) in [4.78, 5) is 4.63. The van der Waals surface area contributed by atoms with E-state index in [-0.39, 0.29) is 0 Å². The van der Waals surface area contributed by atoms with E-state index < -0.39 is 0 Å². The van der Waals surface area contributed by atoms with E-state index in [4.69, 9.17) is 0 Å². The number of hydrogen-bond acceptors (Lipinski definition) is 1. The van der Waals surface area contributed by atoms with Crippen molar-refractivity contribution in [2.24, 2.45) is 5.92 Å². The van der Waals surface area contributed by atoms with E-state index in [1.807, 2.05) is 0 Å². The molecule has 0 amide bonds. The fourth-order valence-corrected chi connectivity index (χ4v) is 1.59. The van der Waals surface area contributed by atoms with Gasteiger partial charge in [0.15, 0.2) is 0 Å². The van der Waals surface area contributed by atoms with Gasteiger partial charge in [-0.2, -0.15) is 0 Å². The number of pyridine rings is 1. The maximum Gasteiger partial charge on any atom is 0.0432 e. The van der Waals surface area contributed by atoms with Gasteiger partial charge >= 0.3 is 0 Å². The van der Waals surface area contributed by atoms with E-state index in [9.17, 15) is 0 Å². The number of aromatic nitrogens is 1. The molecule has 1 aromatic rings. The molecule has 1 heteroatoms. The van der Waals surface area contributed by atoms with Crippen LogP contribution in [0.25, 0.3) is 0 Å². The molecular formula is C13H21N. The standard InChI is InChI=1S/C13H21N/c1-9(2)8-12-6-7-13(10(3)4)14-11(12)5/h6-7,9-10H,8H2,1-5H3. The van der Waals surface area contributed by atoms with Crippen molar-refractivity contribution >= 4 is 0 Å². The third-order valence-corrected chi connectivity index (χ3v) is 2.44. The van der Waals surface area contributed by atoms with Crippen molar-refractivity contribution in [2.45, 2.75) is 47.0 Å². The topological polar surface area (TPSA) is 12.9 Å². The molecule has 0 N–H and O–H groups in total. The van der Waals surface area contributed by atoms with Crippen LogP contribution in [0, 0.1) is 12.8 Å². The first-order chi connectivity index (χ1) is 6.50. The molecule has 1 nitrogen and oxygen atoms in total. The Bertz CT molecular complexity index is 300. The fourth-order valence-electron chi connectivity index (χ4n) is 1.59. The predicted octanol–water partition coefficient (Wildman–Crippen LogP) is 3.71. The highest BCUT2D eigenvalue weighted by atomic mass is 14.7. The lowest BCUT2D eigenvalue weighted by Gasteiger charge is -2.11. The second kappa shape index (κ2) is 4.59. The molecule has 0 aliphatic heterocycles. The maximum absolute atomic E-state index is 4.63. The lowest BCUT2D eigenvalue weighted by atomic mass is 10.00. The Kier molecular flexibility index (Phi) is 3.68. The number of nitrogens with zero attached hydrogens (tertiary/aromatic N) is 1. The Hall–Kier alpha value is -0.850. The quantitative estimate of drug-likeness (QED) is 0.709. The van der Waals surface area contributed by atoms with E-state index in [1.165, 1.54) is 17.0 Å². The number of aryl methyl sites for hydroxylation is 1. The van der Waals surface area contributed by atoms with Crippen LogP contribution < -0.4 is 0 Å². The summed E-state index contributed by atoms with van der Waals surface area (Å²) in [7, 11) is 0. The highest BCUT2D eigenvalue weighted by Gasteiger charge is 2.06. The molecule has 1 rings (SSSR count). The molecule has 0 radical (unpaired) electrons. The lowest BCUT2D eigenvalue weighted by Crippen LogP contribution is -2.02. The Balaban J connectivity index is 2.90. The van der Waals surface area contributed by atoms with E-state index in [2.05, 4.69) is 51.7 Å². The smallest absolute Gasteiger partial charge is 0.0432 e. The average Bonchev–Trinajstić information content (AvgIpc) is 2.07. The predicted molar refractivity (Wildman–Crippen MR) is 61.6 cm³/mol. The first-order valence-corrected chi connectivity index (χ1v) is 5.47. The summed E-state index contributed by atoms with van der Waals surface area (Å²) in [5.41, 5.74) is 3.80. The minimum atomic E-state index is 0.529. The zero-order chi connectivity index (χ0) is 10.7. The molecule has 0 saturated carbocycles. The Morgan fingerprint density at radius 2 is 1.79 bits per heavy atom. The second-order valence-corrected chi connectivity index (χ2v) is 4.73. The van der Waals surface area contributed by atoms with Crippen LogP contribution in [0.5, 0.6) is 0 Å². The molecule has 0 saturated heterocycles. The molecule has 0 aliphatic rings. The van der Waals surface area contributed by atoms with Crippen molar-refractivity contribution in [3.8, 4) is 0 Å². The largest absolute Gasteiger partial charge is 0.258 e. The Morgan fingerprint density at radius 3 is 2.21 bits per heavy atom. The van der Waals surface area contributed by atoms with Crippen LogP contribution >= 0.6 is 0 Å². The van der Waals surface area contributed by atoms with E-state index in [0.29, 0.717) is 11.8 Å². The number of rotatable bonds is 3. The Labute approximate surface area is 87.6 Å². The molecule has 78 valence electrons. The Morgan fingerprint density at radius 1 is 1.14 bits per heavy atom. The normalized spacial score (nSPS) is 11.4. The van der Waals surface area contributed by atoms with E-state index >= 15 is 0 Å². The summed E-state index contributed by atoms with van der Waals surface area (Å²) in [6, 6.07) is 4.40. The molecule has 14 heavy (non-hydrogen) atoms. The lowest BCUT2D eigenvalue weighted by molar-refractivity contribution is 0.640. The highest BCUT2D eigenvalue weighted by molar-refractivity contribution is 5.23. The maximum atomic E-state index is 4.63. The van der Waals surface area contributed by atoms with Gasteiger partial charge in [-0.05, 0) is 36.8 Å². The van der Waals surface area contributed by atoms with Crippen molar-refractivity contribution in [3.05, 3.63) is 29.1 Å². The van der Waals surface area contributed by atoms with Crippen LogP contribution in [0.3, 0.4) is 0 Å².